The normalized spacial score (nSPS) is 16.7. The monoisotopic (exact) mass is 248 g/mol. The quantitative estimate of drug-likeness (QED) is 0.826. The third kappa shape index (κ3) is 3.01. The summed E-state index contributed by atoms with van der Waals surface area (Å²) in [6.45, 7) is 2.27. The summed E-state index contributed by atoms with van der Waals surface area (Å²) >= 11 is 0. The summed E-state index contributed by atoms with van der Waals surface area (Å²) in [5, 5.41) is 0. The Labute approximate surface area is 108 Å². The van der Waals surface area contributed by atoms with E-state index < -0.39 is 0 Å². The number of nitrogens with zero attached hydrogens (tertiary/aromatic N) is 1. The minimum absolute atomic E-state index is 0.222. The maximum atomic E-state index is 11.2. The van der Waals surface area contributed by atoms with Crippen LogP contribution in [0.5, 0.6) is 0 Å². The molecule has 4 heteroatoms. The zero-order chi connectivity index (χ0) is 13.0. The number of carbonyl (C=O) groups excluding carboxylic acids is 1. The third-order valence-corrected chi connectivity index (χ3v) is 3.41. The molecule has 0 saturated carbocycles. The van der Waals surface area contributed by atoms with Crippen molar-refractivity contribution in [2.45, 2.75) is 25.3 Å². The smallest absolute Gasteiger partial charge is 0.307 e. The summed E-state index contributed by atoms with van der Waals surface area (Å²) in [6, 6.07) is 7.88. The van der Waals surface area contributed by atoms with E-state index in [4.69, 9.17) is 5.73 Å². The van der Waals surface area contributed by atoms with Crippen molar-refractivity contribution in [1.82, 2.24) is 0 Å². The lowest BCUT2D eigenvalue weighted by Gasteiger charge is -2.18. The van der Waals surface area contributed by atoms with Gasteiger partial charge in [-0.3, -0.25) is 4.79 Å². The number of nitrogens with two attached hydrogens (primary N) is 1. The fraction of sp³-hybridized carbons (Fsp3) is 0.500. The molecular weight excluding hydrogens is 228 g/mol. The van der Waals surface area contributed by atoms with Gasteiger partial charge in [-0.05, 0) is 30.5 Å². The van der Waals surface area contributed by atoms with Crippen molar-refractivity contribution in [3.8, 4) is 0 Å². The molecule has 0 spiro atoms. The van der Waals surface area contributed by atoms with E-state index in [1.807, 2.05) is 12.1 Å². The fourth-order valence-corrected chi connectivity index (χ4v) is 2.29. The number of ether oxygens (including phenoxy) is 1. The molecule has 2 rings (SSSR count). The largest absolute Gasteiger partial charge is 0.469 e. The van der Waals surface area contributed by atoms with Crippen LogP contribution >= 0.6 is 0 Å². The predicted molar refractivity (Wildman–Crippen MR) is 71.5 cm³/mol. The molecule has 0 unspecified atom stereocenters. The molecule has 1 atom stereocenters. The molecule has 98 valence electrons. The van der Waals surface area contributed by atoms with Gasteiger partial charge in [0.05, 0.1) is 13.5 Å². The van der Waals surface area contributed by atoms with Crippen LogP contribution in [0.1, 0.15) is 30.9 Å². The van der Waals surface area contributed by atoms with Crippen LogP contribution in [0.15, 0.2) is 24.3 Å². The Kier molecular flexibility index (Phi) is 4.20. The zero-order valence-electron chi connectivity index (χ0n) is 10.8. The summed E-state index contributed by atoms with van der Waals surface area (Å²) in [5.41, 5.74) is 8.17. The molecule has 1 aliphatic heterocycles. The molecule has 2 N–H and O–H groups in total. The first-order valence-electron chi connectivity index (χ1n) is 6.38. The van der Waals surface area contributed by atoms with Gasteiger partial charge in [0.2, 0.25) is 0 Å². The highest BCUT2D eigenvalue weighted by Gasteiger charge is 2.14. The average molecular weight is 248 g/mol. The van der Waals surface area contributed by atoms with E-state index in [9.17, 15) is 4.79 Å². The van der Waals surface area contributed by atoms with Crippen LogP contribution in [-0.4, -0.2) is 26.2 Å². The molecule has 1 fully saturated rings. The van der Waals surface area contributed by atoms with Gasteiger partial charge in [-0.1, -0.05) is 12.1 Å². The molecule has 4 nitrogen and oxygen atoms in total. The van der Waals surface area contributed by atoms with E-state index in [1.165, 1.54) is 25.6 Å². The topological polar surface area (TPSA) is 55.6 Å². The lowest BCUT2D eigenvalue weighted by Crippen LogP contribution is -2.18. The summed E-state index contributed by atoms with van der Waals surface area (Å²) in [6.07, 6.45) is 2.76. The minimum atomic E-state index is -0.287. The first kappa shape index (κ1) is 12.9. The molecular formula is C14H20N2O2. The molecule has 0 bridgehead atoms. The van der Waals surface area contributed by atoms with Crippen molar-refractivity contribution < 1.29 is 9.53 Å². The number of benzene rings is 1. The van der Waals surface area contributed by atoms with Crippen LogP contribution in [0.2, 0.25) is 0 Å². The second-order valence-electron chi connectivity index (χ2n) is 4.67. The van der Waals surface area contributed by atoms with Gasteiger partial charge in [-0.25, -0.2) is 0 Å². The van der Waals surface area contributed by atoms with Gasteiger partial charge in [0.15, 0.2) is 0 Å². The van der Waals surface area contributed by atoms with Crippen LogP contribution in [0.25, 0.3) is 0 Å². The Morgan fingerprint density at radius 1 is 1.33 bits per heavy atom. The van der Waals surface area contributed by atoms with Crippen molar-refractivity contribution in [2.24, 2.45) is 5.73 Å². The maximum absolute atomic E-state index is 11.2. The highest BCUT2D eigenvalue weighted by Crippen LogP contribution is 2.23. The summed E-state index contributed by atoms with van der Waals surface area (Å²) in [7, 11) is 1.38. The van der Waals surface area contributed by atoms with Gasteiger partial charge >= 0.3 is 5.97 Å². The summed E-state index contributed by atoms with van der Waals surface area (Å²) < 4.78 is 4.62. The van der Waals surface area contributed by atoms with E-state index in [2.05, 4.69) is 21.8 Å². The molecule has 1 heterocycles. The van der Waals surface area contributed by atoms with E-state index in [0.717, 1.165) is 18.7 Å². The fourth-order valence-electron chi connectivity index (χ4n) is 2.29. The molecule has 1 aromatic rings. The van der Waals surface area contributed by atoms with Crippen LogP contribution in [0.3, 0.4) is 0 Å². The van der Waals surface area contributed by atoms with Gasteiger partial charge in [0.25, 0.3) is 0 Å². The summed E-state index contributed by atoms with van der Waals surface area (Å²) in [5.74, 6) is -0.272. The van der Waals surface area contributed by atoms with Crippen LogP contribution < -0.4 is 10.6 Å². The van der Waals surface area contributed by atoms with Crippen LogP contribution in [0.4, 0.5) is 5.69 Å². The highest BCUT2D eigenvalue weighted by atomic mass is 16.5. The zero-order valence-corrected chi connectivity index (χ0v) is 10.8. The Balaban J connectivity index is 2.00. The third-order valence-electron chi connectivity index (χ3n) is 3.41. The van der Waals surface area contributed by atoms with E-state index >= 15 is 0 Å². The van der Waals surface area contributed by atoms with Gasteiger partial charge in [0.1, 0.15) is 0 Å². The maximum Gasteiger partial charge on any atom is 0.307 e. The van der Waals surface area contributed by atoms with Crippen LogP contribution in [-0.2, 0) is 9.53 Å². The molecule has 1 aliphatic rings. The Hall–Kier alpha value is -1.55. The average Bonchev–Trinajstić information content (AvgIpc) is 2.92. The number of rotatable bonds is 4. The van der Waals surface area contributed by atoms with Crippen molar-refractivity contribution in [1.29, 1.82) is 0 Å². The van der Waals surface area contributed by atoms with Crippen molar-refractivity contribution in [3.05, 3.63) is 29.8 Å². The van der Waals surface area contributed by atoms with Crippen molar-refractivity contribution >= 4 is 11.7 Å². The molecule has 0 amide bonds. The first-order valence-corrected chi connectivity index (χ1v) is 6.38. The number of esters is 1. The van der Waals surface area contributed by atoms with Gasteiger partial charge in [0, 0.05) is 24.8 Å². The van der Waals surface area contributed by atoms with E-state index in [1.54, 1.807) is 0 Å². The standard InChI is InChI=1S/C14H20N2O2/c1-18-14(17)10-13(15)11-4-6-12(7-5-11)16-8-2-3-9-16/h4-7,13H,2-3,8-10,15H2,1H3/t13-/m0/s1. The van der Waals surface area contributed by atoms with Crippen molar-refractivity contribution in [2.75, 3.05) is 25.1 Å². The second-order valence-corrected chi connectivity index (χ2v) is 4.67. The molecule has 0 aliphatic carbocycles. The number of hydrogen-bond donors (Lipinski definition) is 1. The Bertz CT molecular complexity index is 397. The minimum Gasteiger partial charge on any atom is -0.469 e. The van der Waals surface area contributed by atoms with Crippen LogP contribution in [0, 0.1) is 0 Å². The first-order chi connectivity index (χ1) is 8.70. The van der Waals surface area contributed by atoms with Crippen molar-refractivity contribution in [3.63, 3.8) is 0 Å². The Morgan fingerprint density at radius 3 is 2.50 bits per heavy atom. The lowest BCUT2D eigenvalue weighted by molar-refractivity contribution is -0.141. The van der Waals surface area contributed by atoms with Gasteiger partial charge in [-0.15, -0.1) is 0 Å². The molecule has 0 radical (unpaired) electrons. The Morgan fingerprint density at radius 2 is 1.94 bits per heavy atom. The summed E-state index contributed by atoms with van der Waals surface area (Å²) in [4.78, 5) is 13.5. The SMILES string of the molecule is COC(=O)C[C@H](N)c1ccc(N2CCCC2)cc1. The van der Waals surface area contributed by atoms with Gasteiger partial charge < -0.3 is 15.4 Å². The lowest BCUT2D eigenvalue weighted by atomic mass is 10.0. The van der Waals surface area contributed by atoms with Gasteiger partial charge in [-0.2, -0.15) is 0 Å². The number of methoxy groups -OCH3 is 1. The molecule has 18 heavy (non-hydrogen) atoms. The molecule has 1 saturated heterocycles. The number of anilines is 1. The number of carbonyl (C=O) groups is 1. The highest BCUT2D eigenvalue weighted by molar-refractivity contribution is 5.70. The number of hydrogen-bond acceptors (Lipinski definition) is 4. The van der Waals surface area contributed by atoms with E-state index in [0.29, 0.717) is 0 Å². The molecule has 0 aromatic heterocycles. The molecule has 1 aromatic carbocycles. The second kappa shape index (κ2) is 5.87. The predicted octanol–water partition coefficient (Wildman–Crippen LogP) is 1.85. The van der Waals surface area contributed by atoms with E-state index in [-0.39, 0.29) is 18.4 Å².